The van der Waals surface area contributed by atoms with Gasteiger partial charge < -0.3 is 31.1 Å². The number of carbonyl (C=O) groups excluding carboxylic acids is 4. The predicted molar refractivity (Wildman–Crippen MR) is 190 cm³/mol. The van der Waals surface area contributed by atoms with Gasteiger partial charge in [-0.25, -0.2) is 0 Å². The molecule has 0 bridgehead atoms. The van der Waals surface area contributed by atoms with Crippen molar-refractivity contribution in [3.8, 4) is 0 Å². The fourth-order valence-electron chi connectivity index (χ4n) is 7.42. The van der Waals surface area contributed by atoms with Gasteiger partial charge in [0.15, 0.2) is 0 Å². The van der Waals surface area contributed by atoms with Crippen molar-refractivity contribution >= 4 is 40.9 Å². The van der Waals surface area contributed by atoms with E-state index in [1.807, 2.05) is 42.5 Å². The molecule has 3 aromatic carbocycles. The zero-order valence-corrected chi connectivity index (χ0v) is 28.5. The van der Waals surface area contributed by atoms with Crippen LogP contribution >= 0.6 is 11.6 Å². The number of carbonyl (C=O) groups is 4. The van der Waals surface area contributed by atoms with Crippen molar-refractivity contribution in [2.75, 3.05) is 31.2 Å². The summed E-state index contributed by atoms with van der Waals surface area (Å²) < 4.78 is 0. The van der Waals surface area contributed by atoms with E-state index in [1.54, 1.807) is 46.2 Å². The molecule has 1 unspecified atom stereocenters. The molecule has 3 aliphatic rings. The van der Waals surface area contributed by atoms with E-state index in [4.69, 9.17) is 17.3 Å². The van der Waals surface area contributed by atoms with Crippen molar-refractivity contribution in [2.45, 2.75) is 75.5 Å². The minimum absolute atomic E-state index is 0.00448. The Balaban J connectivity index is 1.18. The van der Waals surface area contributed by atoms with Gasteiger partial charge in [-0.15, -0.1) is 0 Å². The minimum atomic E-state index is -0.886. The Labute approximate surface area is 292 Å². The second-order valence-corrected chi connectivity index (χ2v) is 13.9. The summed E-state index contributed by atoms with van der Waals surface area (Å²) in [5.74, 6) is -0.782. The second-order valence-electron chi connectivity index (χ2n) is 13.4. The van der Waals surface area contributed by atoms with Crippen LogP contribution in [0.15, 0.2) is 78.9 Å². The molecule has 1 saturated carbocycles. The van der Waals surface area contributed by atoms with Crippen LogP contribution in [-0.2, 0) is 27.3 Å². The zero-order chi connectivity index (χ0) is 34.4. The quantitative estimate of drug-likeness (QED) is 0.293. The van der Waals surface area contributed by atoms with Crippen molar-refractivity contribution in [3.63, 3.8) is 0 Å². The number of piperidine rings is 1. The normalized spacial score (nSPS) is 18.4. The lowest BCUT2D eigenvalue weighted by Crippen LogP contribution is -2.60. The molecular weight excluding hydrogens is 640 g/mol. The van der Waals surface area contributed by atoms with Crippen LogP contribution in [0.4, 0.5) is 5.69 Å². The molecule has 49 heavy (non-hydrogen) atoms. The highest BCUT2D eigenvalue weighted by Crippen LogP contribution is 2.39. The number of para-hydroxylation sites is 1. The van der Waals surface area contributed by atoms with Crippen LogP contribution in [0.25, 0.3) is 0 Å². The number of nitrogens with zero attached hydrogens (tertiary/aromatic N) is 3. The number of anilines is 1. The van der Waals surface area contributed by atoms with Crippen LogP contribution in [0.5, 0.6) is 0 Å². The Hall–Kier alpha value is -4.41. The van der Waals surface area contributed by atoms with Crippen LogP contribution in [0.2, 0.25) is 5.02 Å². The highest BCUT2D eigenvalue weighted by atomic mass is 35.5. The standard InChI is InChI=1S/C38H45ClN6O4/c39-30-17-13-27(14-18-30)23-33(42-35(47)29-15-11-28(24-40)12-16-29)36(48)43-21-19-38(20-22-43)37(49)44(26-45(38)32-9-5-2-6-10-32)25-34(46)41-31-7-3-1-4-8-31/h2,5-6,9-18,31,33H,1,3-4,7-8,19-26,40H2,(H,41,46)(H,42,47). The Kier molecular flexibility index (Phi) is 10.8. The fourth-order valence-corrected chi connectivity index (χ4v) is 7.55. The summed E-state index contributed by atoms with van der Waals surface area (Å²) in [6.45, 7) is 1.33. The maximum absolute atomic E-state index is 14.2. The number of halogens is 1. The largest absolute Gasteiger partial charge is 0.352 e. The molecule has 2 aliphatic heterocycles. The Morgan fingerprint density at radius 3 is 2.18 bits per heavy atom. The molecule has 4 amide bonds. The Morgan fingerprint density at radius 2 is 1.53 bits per heavy atom. The maximum atomic E-state index is 14.2. The fraction of sp³-hybridized carbons (Fsp3) is 0.421. The van der Waals surface area contributed by atoms with Gasteiger partial charge in [0, 0.05) is 48.4 Å². The van der Waals surface area contributed by atoms with Crippen molar-refractivity contribution in [2.24, 2.45) is 5.73 Å². The van der Waals surface area contributed by atoms with E-state index >= 15 is 0 Å². The first-order chi connectivity index (χ1) is 23.8. The van der Waals surface area contributed by atoms with Crippen molar-refractivity contribution in [3.05, 3.63) is 101 Å². The SMILES string of the molecule is NCc1ccc(C(=O)NC(Cc2ccc(Cl)cc2)C(=O)N2CCC3(CC2)C(=O)N(CC(=O)NC2CCCCC2)CN3c2ccccc2)cc1. The average Bonchev–Trinajstić information content (AvgIpc) is 3.39. The molecule has 1 aliphatic carbocycles. The molecule has 3 aromatic rings. The lowest BCUT2D eigenvalue weighted by Gasteiger charge is -2.44. The van der Waals surface area contributed by atoms with E-state index in [0.29, 0.717) is 49.7 Å². The second kappa shape index (κ2) is 15.4. The summed E-state index contributed by atoms with van der Waals surface area (Å²) in [5.41, 5.74) is 7.94. The van der Waals surface area contributed by atoms with Crippen LogP contribution in [-0.4, -0.2) is 77.4 Å². The van der Waals surface area contributed by atoms with Gasteiger partial charge in [-0.1, -0.05) is 73.3 Å². The van der Waals surface area contributed by atoms with Crippen LogP contribution < -0.4 is 21.3 Å². The molecule has 3 fully saturated rings. The molecular formula is C38H45ClN6O4. The first-order valence-corrected chi connectivity index (χ1v) is 17.7. The molecule has 10 nitrogen and oxygen atoms in total. The van der Waals surface area contributed by atoms with E-state index in [-0.39, 0.29) is 42.6 Å². The topological polar surface area (TPSA) is 128 Å². The number of benzene rings is 3. The summed E-state index contributed by atoms with van der Waals surface area (Å²) >= 11 is 6.12. The van der Waals surface area contributed by atoms with Gasteiger partial charge >= 0.3 is 0 Å². The van der Waals surface area contributed by atoms with E-state index in [0.717, 1.165) is 42.5 Å². The van der Waals surface area contributed by atoms with E-state index in [9.17, 15) is 19.2 Å². The number of likely N-dealkylation sites (tertiary alicyclic amines) is 1. The van der Waals surface area contributed by atoms with E-state index < -0.39 is 11.6 Å². The molecule has 6 rings (SSSR count). The molecule has 0 radical (unpaired) electrons. The molecule has 0 aromatic heterocycles. The lowest BCUT2D eigenvalue weighted by atomic mass is 9.85. The predicted octanol–water partition coefficient (Wildman–Crippen LogP) is 4.26. The van der Waals surface area contributed by atoms with Crippen molar-refractivity contribution in [1.29, 1.82) is 0 Å². The third-order valence-corrected chi connectivity index (χ3v) is 10.4. The number of rotatable bonds is 10. The number of hydrogen-bond donors (Lipinski definition) is 3. The molecule has 1 atom stereocenters. The molecule has 11 heteroatoms. The molecule has 2 saturated heterocycles. The first-order valence-electron chi connectivity index (χ1n) is 17.3. The maximum Gasteiger partial charge on any atom is 0.251 e. The summed E-state index contributed by atoms with van der Waals surface area (Å²) in [4.78, 5) is 60.4. The highest BCUT2D eigenvalue weighted by Gasteiger charge is 2.54. The number of amides is 4. The zero-order valence-electron chi connectivity index (χ0n) is 27.8. The number of nitrogens with one attached hydrogen (secondary N) is 2. The van der Waals surface area contributed by atoms with E-state index in [1.165, 1.54) is 6.42 Å². The van der Waals surface area contributed by atoms with Gasteiger partial charge in [-0.05, 0) is 73.2 Å². The molecule has 1 spiro atoms. The summed E-state index contributed by atoms with van der Waals surface area (Å²) in [6.07, 6.45) is 6.45. The lowest BCUT2D eigenvalue weighted by molar-refractivity contribution is -0.140. The van der Waals surface area contributed by atoms with Gasteiger partial charge in [0.1, 0.15) is 18.1 Å². The van der Waals surface area contributed by atoms with Gasteiger partial charge in [-0.3, -0.25) is 19.2 Å². The van der Waals surface area contributed by atoms with Gasteiger partial charge in [-0.2, -0.15) is 0 Å². The van der Waals surface area contributed by atoms with Gasteiger partial charge in [0.2, 0.25) is 11.8 Å². The third kappa shape index (κ3) is 7.92. The van der Waals surface area contributed by atoms with Crippen LogP contribution in [0, 0.1) is 0 Å². The third-order valence-electron chi connectivity index (χ3n) is 10.2. The molecule has 2 heterocycles. The smallest absolute Gasteiger partial charge is 0.251 e. The first kappa shape index (κ1) is 34.5. The molecule has 258 valence electrons. The van der Waals surface area contributed by atoms with Crippen LogP contribution in [0.3, 0.4) is 0 Å². The Bertz CT molecular complexity index is 1620. The Morgan fingerprint density at radius 1 is 0.878 bits per heavy atom. The average molecular weight is 685 g/mol. The minimum Gasteiger partial charge on any atom is -0.352 e. The van der Waals surface area contributed by atoms with Gasteiger partial charge in [0.05, 0.1) is 6.67 Å². The summed E-state index contributed by atoms with van der Waals surface area (Å²) in [7, 11) is 0. The monoisotopic (exact) mass is 684 g/mol. The van der Waals surface area contributed by atoms with Crippen LogP contribution in [0.1, 0.15) is 66.4 Å². The molecule has 4 N–H and O–H groups in total. The van der Waals surface area contributed by atoms with E-state index in [2.05, 4.69) is 15.5 Å². The summed E-state index contributed by atoms with van der Waals surface area (Å²) in [5, 5.41) is 6.71. The summed E-state index contributed by atoms with van der Waals surface area (Å²) in [6, 6.07) is 23.4. The number of nitrogens with two attached hydrogens (primary N) is 1. The van der Waals surface area contributed by atoms with Crippen molar-refractivity contribution < 1.29 is 19.2 Å². The van der Waals surface area contributed by atoms with Crippen molar-refractivity contribution in [1.82, 2.24) is 20.4 Å². The highest BCUT2D eigenvalue weighted by molar-refractivity contribution is 6.30. The van der Waals surface area contributed by atoms with Gasteiger partial charge in [0.25, 0.3) is 11.8 Å². The number of hydrogen-bond acceptors (Lipinski definition) is 6.